The Hall–Kier alpha value is -3.47. The summed E-state index contributed by atoms with van der Waals surface area (Å²) < 4.78 is 1.85. The van der Waals surface area contributed by atoms with Crippen LogP contribution in [-0.4, -0.2) is 11.8 Å². The van der Waals surface area contributed by atoms with E-state index < -0.39 is 6.04 Å². The molecule has 0 fully saturated rings. The maximum absolute atomic E-state index is 13.5. The summed E-state index contributed by atoms with van der Waals surface area (Å²) in [5, 5.41) is 3.03. The fourth-order valence-electron chi connectivity index (χ4n) is 3.89. The quantitative estimate of drug-likeness (QED) is 0.699. The third-order valence-corrected chi connectivity index (χ3v) is 5.35. The number of nitrogens with one attached hydrogen (secondary N) is 1. The highest BCUT2D eigenvalue weighted by atomic mass is 16.2. The Kier molecular flexibility index (Phi) is 4.89. The predicted octanol–water partition coefficient (Wildman–Crippen LogP) is 3.63. The van der Waals surface area contributed by atoms with E-state index in [4.69, 9.17) is 0 Å². The van der Waals surface area contributed by atoms with Crippen molar-refractivity contribution in [1.29, 1.82) is 0 Å². The van der Waals surface area contributed by atoms with Gasteiger partial charge in [0, 0.05) is 23.5 Å². The fraction of sp³-hybridized carbons (Fsp3) is 0.208. The van der Waals surface area contributed by atoms with E-state index in [9.17, 15) is 9.59 Å². The van der Waals surface area contributed by atoms with E-state index in [-0.39, 0.29) is 18.4 Å². The summed E-state index contributed by atoms with van der Waals surface area (Å²) in [5.41, 5.74) is 5.36. The number of para-hydroxylation sites is 1. The molecule has 0 bridgehead atoms. The number of hydrogen-bond acceptors (Lipinski definition) is 2. The van der Waals surface area contributed by atoms with E-state index in [1.165, 1.54) is 0 Å². The molecule has 2 aromatic carbocycles. The van der Waals surface area contributed by atoms with E-state index >= 15 is 0 Å². The third kappa shape index (κ3) is 3.51. The van der Waals surface area contributed by atoms with E-state index in [0.29, 0.717) is 0 Å². The Morgan fingerprint density at radius 3 is 2.52 bits per heavy atom. The Bertz CT molecular complexity index is 1110. The highest BCUT2D eigenvalue weighted by Crippen LogP contribution is 2.32. The molecule has 3 aromatic rings. The number of aryl methyl sites for hydroxylation is 3. The van der Waals surface area contributed by atoms with Crippen molar-refractivity contribution in [3.8, 4) is 0 Å². The third-order valence-electron chi connectivity index (χ3n) is 5.35. The lowest BCUT2D eigenvalue weighted by Crippen LogP contribution is -2.58. The van der Waals surface area contributed by atoms with Crippen molar-refractivity contribution < 1.29 is 14.2 Å². The molecule has 0 unspecified atom stereocenters. The van der Waals surface area contributed by atoms with Gasteiger partial charge in [-0.25, -0.2) is 0 Å². The standard InChI is InChI=1S/C24H23N3O2/c1-16-11-12-20(18(3)14-16)27-22(28)15-26-13-7-6-10-21(26)23(27)24(29)25-19-9-5-4-8-17(19)2/h4-14,23H,15H2,1-3H3/p+1/t23-/m1/s1. The van der Waals surface area contributed by atoms with Gasteiger partial charge in [0.05, 0.1) is 0 Å². The van der Waals surface area contributed by atoms with Crippen molar-refractivity contribution in [1.82, 2.24) is 0 Å². The van der Waals surface area contributed by atoms with Gasteiger partial charge in [0.25, 0.3) is 11.8 Å². The summed E-state index contributed by atoms with van der Waals surface area (Å²) in [6.45, 7) is 6.14. The summed E-state index contributed by atoms with van der Waals surface area (Å²) in [6, 6.07) is 18.5. The van der Waals surface area contributed by atoms with Gasteiger partial charge in [-0.15, -0.1) is 0 Å². The number of amides is 2. The first-order chi connectivity index (χ1) is 14.0. The monoisotopic (exact) mass is 386 g/mol. The van der Waals surface area contributed by atoms with Crippen molar-refractivity contribution in [2.24, 2.45) is 0 Å². The molecule has 0 saturated heterocycles. The molecular weight excluding hydrogens is 362 g/mol. The molecule has 2 heterocycles. The molecule has 0 spiro atoms. The van der Waals surface area contributed by atoms with Gasteiger partial charge in [0.1, 0.15) is 0 Å². The Morgan fingerprint density at radius 1 is 1.00 bits per heavy atom. The molecule has 5 heteroatoms. The van der Waals surface area contributed by atoms with Crippen LogP contribution in [0.2, 0.25) is 0 Å². The first-order valence-corrected chi connectivity index (χ1v) is 9.70. The number of carbonyl (C=O) groups excluding carboxylic acids is 2. The summed E-state index contributed by atoms with van der Waals surface area (Å²) >= 11 is 0. The van der Waals surface area contributed by atoms with E-state index in [1.807, 2.05) is 92.2 Å². The number of aromatic nitrogens is 1. The Balaban J connectivity index is 1.82. The minimum Gasteiger partial charge on any atom is -0.324 e. The molecule has 0 radical (unpaired) electrons. The van der Waals surface area contributed by atoms with E-state index in [2.05, 4.69) is 5.32 Å². The van der Waals surface area contributed by atoms with Crippen LogP contribution < -0.4 is 14.8 Å². The maximum atomic E-state index is 13.5. The molecule has 1 N–H and O–H groups in total. The number of pyridine rings is 1. The number of fused-ring (bicyclic) bond motifs is 1. The fourth-order valence-corrected chi connectivity index (χ4v) is 3.89. The van der Waals surface area contributed by atoms with Gasteiger partial charge in [-0.05, 0) is 44.0 Å². The van der Waals surface area contributed by atoms with Crippen LogP contribution in [0.1, 0.15) is 28.4 Å². The van der Waals surface area contributed by atoms with Crippen LogP contribution in [0.4, 0.5) is 11.4 Å². The molecule has 5 nitrogen and oxygen atoms in total. The van der Waals surface area contributed by atoms with Crippen molar-refractivity contribution in [3.63, 3.8) is 0 Å². The lowest BCUT2D eigenvalue weighted by atomic mass is 10.0. The summed E-state index contributed by atoms with van der Waals surface area (Å²) in [4.78, 5) is 28.3. The molecule has 2 amide bonds. The van der Waals surface area contributed by atoms with E-state index in [0.717, 1.165) is 33.8 Å². The Labute approximate surface area is 170 Å². The zero-order valence-corrected chi connectivity index (χ0v) is 16.8. The molecule has 0 aliphatic carbocycles. The minimum atomic E-state index is -0.751. The molecule has 146 valence electrons. The second-order valence-corrected chi connectivity index (χ2v) is 7.51. The molecule has 1 aromatic heterocycles. The smallest absolute Gasteiger partial charge is 0.294 e. The average molecular weight is 386 g/mol. The van der Waals surface area contributed by atoms with Crippen LogP contribution >= 0.6 is 0 Å². The second-order valence-electron chi connectivity index (χ2n) is 7.51. The Morgan fingerprint density at radius 2 is 1.76 bits per heavy atom. The van der Waals surface area contributed by atoms with Gasteiger partial charge in [0.2, 0.25) is 18.3 Å². The lowest BCUT2D eigenvalue weighted by molar-refractivity contribution is -0.695. The number of benzene rings is 2. The molecule has 29 heavy (non-hydrogen) atoms. The number of carbonyl (C=O) groups is 2. The van der Waals surface area contributed by atoms with Gasteiger partial charge in [-0.1, -0.05) is 42.0 Å². The van der Waals surface area contributed by atoms with Crippen LogP contribution in [0.5, 0.6) is 0 Å². The van der Waals surface area contributed by atoms with Crippen LogP contribution in [0.25, 0.3) is 0 Å². The molecule has 1 aliphatic heterocycles. The number of nitrogens with zero attached hydrogens (tertiary/aromatic N) is 2. The second kappa shape index (κ2) is 7.51. The molecule has 4 rings (SSSR count). The van der Waals surface area contributed by atoms with Crippen molar-refractivity contribution in [3.05, 3.63) is 89.2 Å². The van der Waals surface area contributed by atoms with Crippen LogP contribution in [0.15, 0.2) is 66.9 Å². The molecule has 1 aliphatic rings. The summed E-state index contributed by atoms with van der Waals surface area (Å²) in [7, 11) is 0. The zero-order valence-electron chi connectivity index (χ0n) is 16.8. The number of rotatable bonds is 3. The lowest BCUT2D eigenvalue weighted by Gasteiger charge is -2.33. The van der Waals surface area contributed by atoms with Crippen molar-refractivity contribution in [2.45, 2.75) is 33.4 Å². The first kappa shape index (κ1) is 18.9. The highest BCUT2D eigenvalue weighted by Gasteiger charge is 2.44. The highest BCUT2D eigenvalue weighted by molar-refractivity contribution is 6.06. The average Bonchev–Trinajstić information content (AvgIpc) is 2.69. The normalized spacial score (nSPS) is 15.8. The largest absolute Gasteiger partial charge is 0.324 e. The van der Waals surface area contributed by atoms with Crippen LogP contribution in [0.3, 0.4) is 0 Å². The SMILES string of the molecule is Cc1ccc(N2C(=O)C[n+]3ccccc3[C@@H]2C(=O)Nc2ccccc2C)c(C)c1. The van der Waals surface area contributed by atoms with Gasteiger partial charge in [-0.2, -0.15) is 4.57 Å². The predicted molar refractivity (Wildman–Crippen MR) is 113 cm³/mol. The van der Waals surface area contributed by atoms with Gasteiger partial charge in [0.15, 0.2) is 6.20 Å². The molecular formula is C24H24N3O2+. The zero-order chi connectivity index (χ0) is 20.5. The maximum Gasteiger partial charge on any atom is 0.294 e. The summed E-state index contributed by atoms with van der Waals surface area (Å²) in [5.74, 6) is -0.335. The number of anilines is 2. The van der Waals surface area contributed by atoms with Gasteiger partial charge < -0.3 is 5.32 Å². The topological polar surface area (TPSA) is 53.3 Å². The van der Waals surface area contributed by atoms with Crippen LogP contribution in [0, 0.1) is 20.8 Å². The van der Waals surface area contributed by atoms with Gasteiger partial charge in [-0.3, -0.25) is 14.5 Å². The first-order valence-electron chi connectivity index (χ1n) is 9.70. The molecule has 1 atom stereocenters. The number of hydrogen-bond donors (Lipinski definition) is 1. The van der Waals surface area contributed by atoms with Gasteiger partial charge >= 0.3 is 0 Å². The van der Waals surface area contributed by atoms with E-state index in [1.54, 1.807) is 4.90 Å². The van der Waals surface area contributed by atoms with Crippen molar-refractivity contribution >= 4 is 23.2 Å². The van der Waals surface area contributed by atoms with Crippen LogP contribution in [-0.2, 0) is 16.1 Å². The molecule has 0 saturated carbocycles. The minimum absolute atomic E-state index is 0.106. The summed E-state index contributed by atoms with van der Waals surface area (Å²) in [6.07, 6.45) is 1.85. The van der Waals surface area contributed by atoms with Crippen molar-refractivity contribution in [2.75, 3.05) is 10.2 Å².